The summed E-state index contributed by atoms with van der Waals surface area (Å²) < 4.78 is 0. The maximum Gasteiger partial charge on any atom is 0.221 e. The van der Waals surface area contributed by atoms with Crippen molar-refractivity contribution in [2.45, 2.75) is 62.4 Å². The highest BCUT2D eigenvalue weighted by atomic mass is 16.2. The summed E-state index contributed by atoms with van der Waals surface area (Å²) in [4.78, 5) is 31.3. The molecule has 7 heteroatoms. The Labute approximate surface area is 319 Å². The largest absolute Gasteiger partial charge is 0.377 e. The van der Waals surface area contributed by atoms with Gasteiger partial charge in [-0.2, -0.15) is 0 Å². The lowest BCUT2D eigenvalue weighted by atomic mass is 9.87. The molecule has 1 saturated carbocycles. The van der Waals surface area contributed by atoms with E-state index in [9.17, 15) is 9.59 Å². The molecule has 7 rings (SSSR count). The number of amides is 2. The molecule has 7 nitrogen and oxygen atoms in total. The fourth-order valence-electron chi connectivity index (χ4n) is 7.46. The lowest BCUT2D eigenvalue weighted by Crippen LogP contribution is -2.40. The first kappa shape index (κ1) is 37.8. The maximum atomic E-state index is 13.1. The number of fused-ring (bicyclic) bond motifs is 1. The molecule has 1 heterocycles. The average molecular weight is 718 g/mol. The van der Waals surface area contributed by atoms with Crippen molar-refractivity contribution in [1.82, 2.24) is 10.3 Å². The predicted molar refractivity (Wildman–Crippen MR) is 222 cm³/mol. The van der Waals surface area contributed by atoms with Gasteiger partial charge < -0.3 is 21.3 Å². The number of carbonyl (C=O) groups excluding carboxylic acids is 2. The van der Waals surface area contributed by atoms with E-state index in [1.807, 2.05) is 103 Å². The predicted octanol–water partition coefficient (Wildman–Crippen LogP) is 9.06. The second kappa shape index (κ2) is 18.7. The molecular formula is C47H51N5O2. The van der Waals surface area contributed by atoms with E-state index in [1.54, 1.807) is 0 Å². The second-order valence-electron chi connectivity index (χ2n) is 14.3. The molecule has 1 aliphatic rings. The number of hydrogen-bond acceptors (Lipinski definition) is 5. The number of nitrogens with one attached hydrogen (secondary N) is 2. The van der Waals surface area contributed by atoms with Gasteiger partial charge in [-0.15, -0.1) is 0 Å². The van der Waals surface area contributed by atoms with Crippen molar-refractivity contribution in [2.75, 3.05) is 24.3 Å². The molecule has 276 valence electrons. The number of nitrogens with zero attached hydrogens (tertiary/aromatic N) is 2. The number of nitrogens with two attached hydrogens (primary N) is 1. The van der Waals surface area contributed by atoms with Crippen molar-refractivity contribution < 1.29 is 9.59 Å². The van der Waals surface area contributed by atoms with E-state index in [0.29, 0.717) is 18.9 Å². The first-order chi connectivity index (χ1) is 26.3. The van der Waals surface area contributed by atoms with E-state index < -0.39 is 0 Å². The third-order valence-electron chi connectivity index (χ3n) is 10.2. The Morgan fingerprint density at radius 3 is 1.52 bits per heavy atom. The van der Waals surface area contributed by atoms with Gasteiger partial charge in [0.1, 0.15) is 5.82 Å². The molecule has 0 radical (unpaired) electrons. The van der Waals surface area contributed by atoms with Crippen LogP contribution in [0.3, 0.4) is 0 Å². The second-order valence-corrected chi connectivity index (χ2v) is 14.3. The number of hydrogen-bond donors (Lipinski definition) is 3. The molecule has 1 fully saturated rings. The van der Waals surface area contributed by atoms with Crippen LogP contribution >= 0.6 is 0 Å². The summed E-state index contributed by atoms with van der Waals surface area (Å²) in [5.74, 6) is 0.882. The van der Waals surface area contributed by atoms with Gasteiger partial charge in [0, 0.05) is 68.0 Å². The Morgan fingerprint density at radius 1 is 0.630 bits per heavy atom. The van der Waals surface area contributed by atoms with Crippen molar-refractivity contribution in [3.8, 4) is 0 Å². The van der Waals surface area contributed by atoms with Gasteiger partial charge in [-0.25, -0.2) is 4.98 Å². The van der Waals surface area contributed by atoms with Gasteiger partial charge in [0.2, 0.25) is 11.8 Å². The Kier molecular flexibility index (Phi) is 13.1. The molecule has 1 aromatic heterocycles. The number of primary amides is 1. The van der Waals surface area contributed by atoms with Crippen molar-refractivity contribution >= 4 is 34.2 Å². The Balaban J connectivity index is 0.000000244. The van der Waals surface area contributed by atoms with Crippen LogP contribution in [0.25, 0.3) is 10.9 Å². The molecule has 54 heavy (non-hydrogen) atoms. The number of rotatable bonds is 12. The van der Waals surface area contributed by atoms with Gasteiger partial charge in [-0.3, -0.25) is 9.59 Å². The molecule has 0 unspecified atom stereocenters. The van der Waals surface area contributed by atoms with E-state index >= 15 is 0 Å². The third kappa shape index (κ3) is 10.3. The summed E-state index contributed by atoms with van der Waals surface area (Å²) in [7, 11) is 4.14. The number of benzene rings is 5. The topological polar surface area (TPSA) is 100 Å². The van der Waals surface area contributed by atoms with Crippen LogP contribution in [0.15, 0.2) is 152 Å². The third-order valence-corrected chi connectivity index (χ3v) is 10.2. The molecule has 4 N–H and O–H groups in total. The van der Waals surface area contributed by atoms with Gasteiger partial charge in [0.15, 0.2) is 0 Å². The van der Waals surface area contributed by atoms with Crippen LogP contribution in [0.2, 0.25) is 0 Å². The Hall–Kier alpha value is -5.95. The lowest BCUT2D eigenvalue weighted by Gasteiger charge is -2.31. The highest BCUT2D eigenvalue weighted by molar-refractivity contribution is 5.93. The molecule has 6 aromatic rings. The van der Waals surface area contributed by atoms with Crippen LogP contribution < -0.4 is 21.3 Å². The zero-order chi connectivity index (χ0) is 37.7. The van der Waals surface area contributed by atoms with Gasteiger partial charge in [0.25, 0.3) is 0 Å². The van der Waals surface area contributed by atoms with Crippen LogP contribution in [0.1, 0.15) is 72.6 Å². The lowest BCUT2D eigenvalue weighted by molar-refractivity contribution is -0.122. The summed E-state index contributed by atoms with van der Waals surface area (Å²) in [6.45, 7) is 0. The van der Waals surface area contributed by atoms with Gasteiger partial charge in [0.05, 0.1) is 5.52 Å². The van der Waals surface area contributed by atoms with E-state index in [4.69, 9.17) is 10.7 Å². The Bertz CT molecular complexity index is 1990. The number of aromatic nitrogens is 1. The minimum atomic E-state index is -0.275. The van der Waals surface area contributed by atoms with Crippen molar-refractivity contribution in [3.05, 3.63) is 174 Å². The molecule has 0 saturated heterocycles. The molecule has 0 spiro atoms. The molecule has 0 atom stereocenters. The molecule has 2 amide bonds. The van der Waals surface area contributed by atoms with Crippen LogP contribution in [-0.4, -0.2) is 43.0 Å². The van der Waals surface area contributed by atoms with E-state index in [0.717, 1.165) is 53.5 Å². The van der Waals surface area contributed by atoms with Gasteiger partial charge >= 0.3 is 0 Å². The van der Waals surface area contributed by atoms with Crippen molar-refractivity contribution in [1.29, 1.82) is 0 Å². The van der Waals surface area contributed by atoms with Crippen LogP contribution in [0, 0.1) is 0 Å². The monoisotopic (exact) mass is 717 g/mol. The van der Waals surface area contributed by atoms with Gasteiger partial charge in [-0.05, 0) is 54.0 Å². The maximum absolute atomic E-state index is 13.1. The first-order valence-electron chi connectivity index (χ1n) is 18.9. The normalized spacial score (nSPS) is 15.3. The van der Waals surface area contributed by atoms with E-state index in [-0.39, 0.29) is 29.7 Å². The van der Waals surface area contributed by atoms with E-state index in [2.05, 4.69) is 78.2 Å². The average Bonchev–Trinajstić information content (AvgIpc) is 3.21. The zero-order valence-electron chi connectivity index (χ0n) is 31.3. The number of carbonyl (C=O) groups is 2. The minimum Gasteiger partial charge on any atom is -0.377 e. The Morgan fingerprint density at radius 2 is 1.06 bits per heavy atom. The van der Waals surface area contributed by atoms with Crippen LogP contribution in [0.4, 0.5) is 11.5 Å². The molecule has 5 aromatic carbocycles. The molecule has 1 aliphatic carbocycles. The quantitative estimate of drug-likeness (QED) is 0.117. The summed E-state index contributed by atoms with van der Waals surface area (Å²) in [5, 5.41) is 8.16. The summed E-state index contributed by atoms with van der Waals surface area (Å²) in [6.07, 6.45) is 4.77. The standard InChI is InChI=1S/C32H36N4O.C15H15NO/c1-36(2)30-22-31(35-29-16-10-9-15-27(29)30)33-25-17-19-26(20-18-25)34-32(37)21-28(23-11-5-3-6-12-23)24-13-7-4-8-14-24;16-15(17)11-14(12-7-3-1-4-8-12)13-9-5-2-6-10-13/h3-16,22,25-26,28H,17-21H2,1-2H3,(H,33,35)(H,34,37);1-10,14H,11H2,(H2,16,17). The summed E-state index contributed by atoms with van der Waals surface area (Å²) in [5.41, 5.74) is 12.1. The first-order valence-corrected chi connectivity index (χ1v) is 18.9. The molecule has 0 aliphatic heterocycles. The smallest absolute Gasteiger partial charge is 0.221 e. The van der Waals surface area contributed by atoms with Crippen LogP contribution in [-0.2, 0) is 9.59 Å². The number of anilines is 2. The summed E-state index contributed by atoms with van der Waals surface area (Å²) >= 11 is 0. The highest BCUT2D eigenvalue weighted by Crippen LogP contribution is 2.31. The minimum absolute atomic E-state index is 0.0508. The molecular weight excluding hydrogens is 667 g/mol. The van der Waals surface area contributed by atoms with Crippen LogP contribution in [0.5, 0.6) is 0 Å². The fraction of sp³-hybridized carbons (Fsp3) is 0.255. The number of pyridine rings is 1. The van der Waals surface area contributed by atoms with Gasteiger partial charge in [-0.1, -0.05) is 140 Å². The SMILES string of the molecule is CN(C)c1cc(NC2CCC(NC(=O)CC(c3ccccc3)c3ccccc3)CC2)nc2ccccc12.NC(=O)CC(c1ccccc1)c1ccccc1. The number of para-hydroxylation sites is 1. The molecule has 0 bridgehead atoms. The van der Waals surface area contributed by atoms with E-state index in [1.165, 1.54) is 16.8 Å². The zero-order valence-corrected chi connectivity index (χ0v) is 31.3. The fourth-order valence-corrected chi connectivity index (χ4v) is 7.46. The summed E-state index contributed by atoms with van der Waals surface area (Å²) in [6, 6.07) is 51.6. The van der Waals surface area contributed by atoms with Crippen molar-refractivity contribution in [3.63, 3.8) is 0 Å². The highest BCUT2D eigenvalue weighted by Gasteiger charge is 2.25. The van der Waals surface area contributed by atoms with Crippen molar-refractivity contribution in [2.24, 2.45) is 5.73 Å².